The number of thioether (sulfide) groups is 1. The minimum atomic E-state index is -0.400. The van der Waals surface area contributed by atoms with E-state index in [0.717, 1.165) is 0 Å². The predicted molar refractivity (Wildman–Crippen MR) is 76.7 cm³/mol. The Kier molecular flexibility index (Phi) is 3.34. The van der Waals surface area contributed by atoms with Crippen LogP contribution in [0.3, 0.4) is 0 Å². The van der Waals surface area contributed by atoms with Crippen LogP contribution in [0.15, 0.2) is 23.4 Å². The molecule has 0 radical (unpaired) electrons. The lowest BCUT2D eigenvalue weighted by Crippen LogP contribution is -2.04. The van der Waals surface area contributed by atoms with Crippen LogP contribution in [-0.2, 0) is 0 Å². The first-order valence-electron chi connectivity index (χ1n) is 5.90. The summed E-state index contributed by atoms with van der Waals surface area (Å²) in [4.78, 5) is 12.6. The number of aromatic nitrogens is 5. The highest BCUT2D eigenvalue weighted by Gasteiger charge is 2.15. The average molecular weight is 306 g/mol. The second kappa shape index (κ2) is 5.17. The number of nitrogens with zero attached hydrogens (tertiary/aromatic N) is 5. The fraction of sp³-hybridized carbons (Fsp3) is 0.167. The number of benzene rings is 1. The van der Waals surface area contributed by atoms with Gasteiger partial charge in [0.1, 0.15) is 11.6 Å². The third kappa shape index (κ3) is 2.35. The number of rotatable bonds is 3. The van der Waals surface area contributed by atoms with Gasteiger partial charge in [0.05, 0.1) is 12.7 Å². The average Bonchev–Trinajstić information content (AvgIpc) is 2.91. The van der Waals surface area contributed by atoms with Crippen LogP contribution in [0.2, 0.25) is 0 Å². The lowest BCUT2D eigenvalue weighted by atomic mass is 10.2. The fourth-order valence-corrected chi connectivity index (χ4v) is 2.20. The monoisotopic (exact) mass is 306 g/mol. The first-order chi connectivity index (χ1) is 10.1. The van der Waals surface area contributed by atoms with E-state index in [0.29, 0.717) is 28.1 Å². The summed E-state index contributed by atoms with van der Waals surface area (Å²) >= 11 is 1.35. The van der Waals surface area contributed by atoms with E-state index in [9.17, 15) is 4.39 Å². The summed E-state index contributed by atoms with van der Waals surface area (Å²) in [6.45, 7) is 0. The third-order valence-electron chi connectivity index (χ3n) is 2.80. The van der Waals surface area contributed by atoms with Crippen LogP contribution in [-0.4, -0.2) is 37.9 Å². The molecule has 0 saturated carbocycles. The van der Waals surface area contributed by atoms with Crippen LogP contribution in [0, 0.1) is 5.82 Å². The van der Waals surface area contributed by atoms with Crippen molar-refractivity contribution in [3.8, 4) is 17.1 Å². The summed E-state index contributed by atoms with van der Waals surface area (Å²) in [6, 6.07) is 4.12. The van der Waals surface area contributed by atoms with Crippen molar-refractivity contribution in [2.45, 2.75) is 5.16 Å². The summed E-state index contributed by atoms with van der Waals surface area (Å²) < 4.78 is 19.7. The third-order valence-corrected chi connectivity index (χ3v) is 3.35. The van der Waals surface area contributed by atoms with Crippen molar-refractivity contribution in [2.24, 2.45) is 0 Å². The van der Waals surface area contributed by atoms with Crippen LogP contribution < -0.4 is 10.5 Å². The molecule has 0 saturated heterocycles. The highest BCUT2D eigenvalue weighted by atomic mass is 32.2. The van der Waals surface area contributed by atoms with E-state index in [1.807, 2.05) is 6.26 Å². The normalized spacial score (nSPS) is 11.0. The Morgan fingerprint density at radius 2 is 2.10 bits per heavy atom. The molecule has 0 atom stereocenters. The maximum atomic E-state index is 13.2. The van der Waals surface area contributed by atoms with Gasteiger partial charge in [-0.1, -0.05) is 11.8 Å². The van der Waals surface area contributed by atoms with Gasteiger partial charge in [0, 0.05) is 6.07 Å². The van der Waals surface area contributed by atoms with Gasteiger partial charge in [0.2, 0.25) is 5.95 Å². The van der Waals surface area contributed by atoms with E-state index in [1.54, 1.807) is 6.07 Å². The Morgan fingerprint density at radius 3 is 2.81 bits per heavy atom. The largest absolute Gasteiger partial charge is 0.496 e. The highest BCUT2D eigenvalue weighted by Crippen LogP contribution is 2.28. The van der Waals surface area contributed by atoms with Crippen molar-refractivity contribution in [3.63, 3.8) is 0 Å². The number of hydrogen-bond donors (Lipinski definition) is 1. The molecule has 0 fully saturated rings. The number of fused-ring (bicyclic) bond motifs is 1. The molecule has 7 nitrogen and oxygen atoms in total. The number of nitrogens with two attached hydrogens (primary N) is 1. The lowest BCUT2D eigenvalue weighted by Gasteiger charge is -2.04. The summed E-state index contributed by atoms with van der Waals surface area (Å²) in [5, 5.41) is 4.74. The van der Waals surface area contributed by atoms with Gasteiger partial charge < -0.3 is 10.5 Å². The van der Waals surface area contributed by atoms with Gasteiger partial charge in [-0.2, -0.15) is 19.5 Å². The molecule has 0 amide bonds. The molecule has 2 aromatic heterocycles. The molecule has 108 valence electrons. The molecule has 2 N–H and O–H groups in total. The van der Waals surface area contributed by atoms with Crippen molar-refractivity contribution in [1.29, 1.82) is 0 Å². The van der Waals surface area contributed by atoms with Crippen LogP contribution in [0.1, 0.15) is 0 Å². The number of anilines is 1. The zero-order valence-electron chi connectivity index (χ0n) is 11.2. The van der Waals surface area contributed by atoms with Gasteiger partial charge in [-0.15, -0.1) is 5.10 Å². The van der Waals surface area contributed by atoms with Gasteiger partial charge in [-0.3, -0.25) is 0 Å². The standard InChI is InChI=1S/C12H11FN6OS/c1-20-8-5-6(13)3-4-7(8)9-15-11-17-12(21-2)16-10(14)19(11)18-9/h3-5H,1-2H3,(H2,14,15,16,17,18). The van der Waals surface area contributed by atoms with E-state index >= 15 is 0 Å². The van der Waals surface area contributed by atoms with E-state index in [2.05, 4.69) is 20.1 Å². The molecule has 0 aliphatic heterocycles. The molecule has 0 aliphatic carbocycles. The van der Waals surface area contributed by atoms with E-state index in [4.69, 9.17) is 10.5 Å². The molecule has 3 aromatic rings. The van der Waals surface area contributed by atoms with Gasteiger partial charge in [0.25, 0.3) is 5.78 Å². The fourth-order valence-electron chi connectivity index (χ4n) is 1.84. The molecule has 0 bridgehead atoms. The van der Waals surface area contributed by atoms with Crippen LogP contribution in [0.25, 0.3) is 17.2 Å². The van der Waals surface area contributed by atoms with Crippen molar-refractivity contribution in [3.05, 3.63) is 24.0 Å². The minimum absolute atomic E-state index is 0.184. The maximum Gasteiger partial charge on any atom is 0.258 e. The van der Waals surface area contributed by atoms with Crippen molar-refractivity contribution < 1.29 is 9.13 Å². The van der Waals surface area contributed by atoms with Gasteiger partial charge in [-0.05, 0) is 18.4 Å². The zero-order chi connectivity index (χ0) is 15.0. The number of halogens is 1. The topological polar surface area (TPSA) is 91.2 Å². The van der Waals surface area contributed by atoms with E-state index in [-0.39, 0.29) is 5.95 Å². The Morgan fingerprint density at radius 1 is 1.29 bits per heavy atom. The molecular weight excluding hydrogens is 295 g/mol. The zero-order valence-corrected chi connectivity index (χ0v) is 12.1. The summed E-state index contributed by atoms with van der Waals surface area (Å²) in [7, 11) is 1.45. The Labute approximate surface area is 123 Å². The first kappa shape index (κ1) is 13.6. The van der Waals surface area contributed by atoms with E-state index < -0.39 is 5.82 Å². The second-order valence-corrected chi connectivity index (χ2v) is 4.83. The first-order valence-corrected chi connectivity index (χ1v) is 7.13. The SMILES string of the molecule is COc1cc(F)ccc1-c1nc2nc(SC)nc(N)n2n1. The highest BCUT2D eigenvalue weighted by molar-refractivity contribution is 7.98. The van der Waals surface area contributed by atoms with Gasteiger partial charge in [0.15, 0.2) is 11.0 Å². The number of hydrogen-bond acceptors (Lipinski definition) is 7. The lowest BCUT2D eigenvalue weighted by molar-refractivity contribution is 0.412. The van der Waals surface area contributed by atoms with Crippen LogP contribution in [0.4, 0.5) is 10.3 Å². The molecule has 0 spiro atoms. The maximum absolute atomic E-state index is 13.2. The van der Waals surface area contributed by atoms with Crippen LogP contribution >= 0.6 is 11.8 Å². The molecule has 1 aromatic carbocycles. The number of nitrogen functional groups attached to an aromatic ring is 1. The Balaban J connectivity index is 2.20. The molecule has 0 unspecified atom stereocenters. The molecule has 3 rings (SSSR count). The minimum Gasteiger partial charge on any atom is -0.496 e. The van der Waals surface area contributed by atoms with Gasteiger partial charge in [-0.25, -0.2) is 4.39 Å². The molecule has 0 aliphatic rings. The second-order valence-electron chi connectivity index (χ2n) is 4.06. The molecule has 2 heterocycles. The number of methoxy groups -OCH3 is 1. The quantitative estimate of drug-likeness (QED) is 0.735. The summed E-state index contributed by atoms with van der Waals surface area (Å²) in [5.74, 6) is 0.786. The summed E-state index contributed by atoms with van der Waals surface area (Å²) in [6.07, 6.45) is 1.84. The van der Waals surface area contributed by atoms with E-state index in [1.165, 1.54) is 35.5 Å². The smallest absolute Gasteiger partial charge is 0.258 e. The van der Waals surface area contributed by atoms with Gasteiger partial charge >= 0.3 is 0 Å². The molecule has 21 heavy (non-hydrogen) atoms. The van der Waals surface area contributed by atoms with Crippen molar-refractivity contribution in [2.75, 3.05) is 19.1 Å². The summed E-state index contributed by atoms with van der Waals surface area (Å²) in [5.41, 5.74) is 6.37. The van der Waals surface area contributed by atoms with Crippen LogP contribution in [0.5, 0.6) is 5.75 Å². The Bertz CT molecular complexity index is 821. The Hall–Kier alpha value is -2.42. The predicted octanol–water partition coefficient (Wildman–Crippen LogP) is 1.64. The number of ether oxygens (including phenoxy) is 1. The van der Waals surface area contributed by atoms with Crippen molar-refractivity contribution in [1.82, 2.24) is 24.6 Å². The van der Waals surface area contributed by atoms with Crippen molar-refractivity contribution >= 4 is 23.5 Å². The molecule has 9 heteroatoms. The molecular formula is C12H11FN6OS.